The van der Waals surface area contributed by atoms with Gasteiger partial charge >= 0.3 is 6.03 Å². The van der Waals surface area contributed by atoms with Gasteiger partial charge in [0.05, 0.1) is 6.61 Å². The van der Waals surface area contributed by atoms with Gasteiger partial charge in [-0.25, -0.2) is 14.8 Å². The molecule has 1 saturated heterocycles. The van der Waals surface area contributed by atoms with Crippen LogP contribution in [0.5, 0.6) is 5.75 Å². The Morgan fingerprint density at radius 3 is 2.50 bits per heavy atom. The highest BCUT2D eigenvalue weighted by Gasteiger charge is 2.21. The minimum absolute atomic E-state index is 0.0195. The van der Waals surface area contributed by atoms with Crippen molar-refractivity contribution < 1.29 is 9.53 Å². The number of nitrogens with one attached hydrogen (secondary N) is 1. The quantitative estimate of drug-likeness (QED) is 0.804. The molecule has 7 nitrogen and oxygen atoms in total. The van der Waals surface area contributed by atoms with Crippen LogP contribution in [0.2, 0.25) is 0 Å². The highest BCUT2D eigenvalue weighted by Crippen LogP contribution is 2.11. The maximum Gasteiger partial charge on any atom is 0.317 e. The number of ether oxygens (including phenoxy) is 1. The van der Waals surface area contributed by atoms with Crippen LogP contribution in [-0.4, -0.2) is 60.2 Å². The van der Waals surface area contributed by atoms with Gasteiger partial charge in [-0.1, -0.05) is 17.7 Å². The molecule has 0 radical (unpaired) electrons. The number of aromatic nitrogens is 2. The summed E-state index contributed by atoms with van der Waals surface area (Å²) < 4.78 is 5.67. The number of carbonyl (C=O) groups is 1. The molecule has 2 heterocycles. The summed E-state index contributed by atoms with van der Waals surface area (Å²) in [6, 6.07) is 9.76. The van der Waals surface area contributed by atoms with Crippen molar-refractivity contribution in [2.45, 2.75) is 13.3 Å². The first kappa shape index (κ1) is 18.0. The Bertz CT molecular complexity index is 685. The Morgan fingerprint density at radius 1 is 1.12 bits per heavy atom. The van der Waals surface area contributed by atoms with E-state index in [2.05, 4.69) is 20.2 Å². The predicted molar refractivity (Wildman–Crippen MR) is 101 cm³/mol. The van der Waals surface area contributed by atoms with E-state index in [0.717, 1.165) is 31.2 Å². The molecule has 0 atom stereocenters. The van der Waals surface area contributed by atoms with Crippen LogP contribution in [0.25, 0.3) is 0 Å². The predicted octanol–water partition coefficient (Wildman–Crippen LogP) is 2.09. The molecule has 0 aliphatic carbocycles. The van der Waals surface area contributed by atoms with Crippen molar-refractivity contribution in [1.82, 2.24) is 20.2 Å². The minimum atomic E-state index is -0.0195. The topological polar surface area (TPSA) is 70.6 Å². The van der Waals surface area contributed by atoms with Gasteiger partial charge in [0.25, 0.3) is 0 Å². The fourth-order valence-electron chi connectivity index (χ4n) is 2.77. The van der Waals surface area contributed by atoms with Gasteiger partial charge in [-0.3, -0.25) is 0 Å². The van der Waals surface area contributed by atoms with Crippen molar-refractivity contribution in [3.63, 3.8) is 0 Å². The fourth-order valence-corrected chi connectivity index (χ4v) is 2.77. The third-order valence-electron chi connectivity index (χ3n) is 4.29. The molecule has 0 bridgehead atoms. The largest absolute Gasteiger partial charge is 0.494 e. The number of aryl methyl sites for hydroxylation is 1. The fraction of sp³-hybridized carbons (Fsp3) is 0.421. The Labute approximate surface area is 154 Å². The Kier molecular flexibility index (Phi) is 6.24. The highest BCUT2D eigenvalue weighted by atomic mass is 16.5. The van der Waals surface area contributed by atoms with E-state index in [1.54, 1.807) is 18.5 Å². The summed E-state index contributed by atoms with van der Waals surface area (Å²) in [5, 5.41) is 2.96. The summed E-state index contributed by atoms with van der Waals surface area (Å²) in [6.45, 7) is 6.07. The van der Waals surface area contributed by atoms with Crippen molar-refractivity contribution in [3.8, 4) is 5.75 Å². The Balaban J connectivity index is 1.31. The summed E-state index contributed by atoms with van der Waals surface area (Å²) in [7, 11) is 0. The molecule has 138 valence electrons. The normalized spacial score (nSPS) is 14.2. The van der Waals surface area contributed by atoms with Crippen LogP contribution in [-0.2, 0) is 0 Å². The smallest absolute Gasteiger partial charge is 0.317 e. The van der Waals surface area contributed by atoms with Crippen LogP contribution in [0.15, 0.2) is 42.7 Å². The number of benzene rings is 1. The second kappa shape index (κ2) is 9.03. The maximum absolute atomic E-state index is 12.2. The zero-order chi connectivity index (χ0) is 18.2. The van der Waals surface area contributed by atoms with E-state index in [-0.39, 0.29) is 6.03 Å². The van der Waals surface area contributed by atoms with E-state index in [4.69, 9.17) is 4.74 Å². The van der Waals surface area contributed by atoms with Crippen LogP contribution in [0.3, 0.4) is 0 Å². The molecule has 26 heavy (non-hydrogen) atoms. The molecule has 3 rings (SSSR count). The van der Waals surface area contributed by atoms with Gasteiger partial charge in [-0.05, 0) is 31.5 Å². The molecular formula is C19H25N5O2. The lowest BCUT2D eigenvalue weighted by molar-refractivity contribution is 0.193. The van der Waals surface area contributed by atoms with Crippen molar-refractivity contribution >= 4 is 12.0 Å². The number of amides is 2. The van der Waals surface area contributed by atoms with Crippen LogP contribution in [0.4, 0.5) is 10.7 Å². The van der Waals surface area contributed by atoms with Gasteiger partial charge in [0.1, 0.15) is 5.75 Å². The van der Waals surface area contributed by atoms with E-state index in [9.17, 15) is 4.79 Å². The molecular weight excluding hydrogens is 330 g/mol. The van der Waals surface area contributed by atoms with Gasteiger partial charge in [0, 0.05) is 45.1 Å². The molecule has 0 spiro atoms. The van der Waals surface area contributed by atoms with Crippen molar-refractivity contribution in [2.75, 3.05) is 44.2 Å². The van der Waals surface area contributed by atoms with Crippen molar-refractivity contribution in [2.24, 2.45) is 0 Å². The minimum Gasteiger partial charge on any atom is -0.494 e. The summed E-state index contributed by atoms with van der Waals surface area (Å²) in [5.74, 6) is 1.59. The third kappa shape index (κ3) is 5.08. The zero-order valence-corrected chi connectivity index (χ0v) is 15.1. The first-order chi connectivity index (χ1) is 12.7. The molecule has 0 unspecified atom stereocenters. The van der Waals surface area contributed by atoms with E-state index in [1.807, 2.05) is 36.1 Å². The lowest BCUT2D eigenvalue weighted by atomic mass is 10.2. The van der Waals surface area contributed by atoms with E-state index < -0.39 is 0 Å². The number of urea groups is 1. The third-order valence-corrected chi connectivity index (χ3v) is 4.29. The number of anilines is 1. The molecule has 1 aromatic carbocycles. The van der Waals surface area contributed by atoms with Gasteiger partial charge in [0.15, 0.2) is 0 Å². The molecule has 1 aliphatic heterocycles. The first-order valence-electron chi connectivity index (χ1n) is 8.96. The zero-order valence-electron chi connectivity index (χ0n) is 15.1. The Morgan fingerprint density at radius 2 is 1.81 bits per heavy atom. The van der Waals surface area contributed by atoms with Gasteiger partial charge in [-0.15, -0.1) is 0 Å². The number of piperazine rings is 1. The summed E-state index contributed by atoms with van der Waals surface area (Å²) in [5.41, 5.74) is 1.21. The lowest BCUT2D eigenvalue weighted by Crippen LogP contribution is -2.52. The standard InChI is InChI=1S/C19H25N5O2/c1-16-4-6-17(7-5-16)26-15-3-10-22-19(25)24-13-11-23(12-14-24)18-20-8-2-9-21-18/h2,4-9H,3,10-15H2,1H3,(H,22,25). The molecule has 7 heteroatoms. The van der Waals surface area contributed by atoms with Crippen molar-refractivity contribution in [3.05, 3.63) is 48.3 Å². The molecule has 2 aromatic rings. The van der Waals surface area contributed by atoms with Crippen LogP contribution < -0.4 is 15.0 Å². The number of carbonyl (C=O) groups excluding carboxylic acids is 1. The molecule has 1 fully saturated rings. The van der Waals surface area contributed by atoms with Crippen LogP contribution >= 0.6 is 0 Å². The van der Waals surface area contributed by atoms with Crippen molar-refractivity contribution in [1.29, 1.82) is 0 Å². The average Bonchev–Trinajstić information content (AvgIpc) is 2.70. The molecule has 1 N–H and O–H groups in total. The summed E-state index contributed by atoms with van der Waals surface area (Å²) in [4.78, 5) is 24.7. The van der Waals surface area contributed by atoms with Gasteiger partial charge < -0.3 is 19.9 Å². The molecule has 2 amide bonds. The highest BCUT2D eigenvalue weighted by molar-refractivity contribution is 5.74. The van der Waals surface area contributed by atoms with E-state index in [0.29, 0.717) is 26.2 Å². The molecule has 1 aliphatic rings. The average molecular weight is 355 g/mol. The van der Waals surface area contributed by atoms with Crippen LogP contribution in [0.1, 0.15) is 12.0 Å². The number of nitrogens with zero attached hydrogens (tertiary/aromatic N) is 4. The van der Waals surface area contributed by atoms with Crippen LogP contribution in [0, 0.1) is 6.92 Å². The number of hydrogen-bond acceptors (Lipinski definition) is 5. The second-order valence-corrected chi connectivity index (χ2v) is 6.27. The second-order valence-electron chi connectivity index (χ2n) is 6.27. The van der Waals surface area contributed by atoms with Gasteiger partial charge in [0.2, 0.25) is 5.95 Å². The number of rotatable bonds is 6. The summed E-state index contributed by atoms with van der Waals surface area (Å²) in [6.07, 6.45) is 4.25. The summed E-state index contributed by atoms with van der Waals surface area (Å²) >= 11 is 0. The Hall–Kier alpha value is -2.83. The molecule has 1 aromatic heterocycles. The monoisotopic (exact) mass is 355 g/mol. The first-order valence-corrected chi connectivity index (χ1v) is 8.96. The maximum atomic E-state index is 12.2. The van der Waals surface area contributed by atoms with E-state index >= 15 is 0 Å². The van der Waals surface area contributed by atoms with E-state index in [1.165, 1.54) is 5.56 Å². The number of hydrogen-bond donors (Lipinski definition) is 1. The van der Waals surface area contributed by atoms with Gasteiger partial charge in [-0.2, -0.15) is 0 Å². The SMILES string of the molecule is Cc1ccc(OCCCNC(=O)N2CCN(c3ncccn3)CC2)cc1. The molecule has 0 saturated carbocycles. The lowest BCUT2D eigenvalue weighted by Gasteiger charge is -2.34.